The lowest BCUT2D eigenvalue weighted by molar-refractivity contribution is -0.121. The number of amides is 2. The molecule has 0 bridgehead atoms. The average molecular weight is 288 g/mol. The van der Waals surface area contributed by atoms with Gasteiger partial charge < -0.3 is 15.2 Å². The number of nitrogens with zero attached hydrogens (tertiary/aromatic N) is 1. The summed E-state index contributed by atoms with van der Waals surface area (Å²) < 4.78 is 0.808. The van der Waals surface area contributed by atoms with E-state index in [-0.39, 0.29) is 18.4 Å². The summed E-state index contributed by atoms with van der Waals surface area (Å²) in [7, 11) is 1.59. The van der Waals surface area contributed by atoms with E-state index in [4.69, 9.17) is 0 Å². The van der Waals surface area contributed by atoms with Gasteiger partial charge in [-0.25, -0.2) is 0 Å². The van der Waals surface area contributed by atoms with Crippen molar-refractivity contribution in [3.8, 4) is 0 Å². The first-order valence-electron chi connectivity index (χ1n) is 4.90. The first-order chi connectivity index (χ1) is 7.54. The van der Waals surface area contributed by atoms with Gasteiger partial charge in [0.05, 0.1) is 6.54 Å². The molecule has 0 aliphatic carbocycles. The summed E-state index contributed by atoms with van der Waals surface area (Å²) in [6.45, 7) is 2.46. The van der Waals surface area contributed by atoms with Crippen LogP contribution in [0.2, 0.25) is 0 Å². The lowest BCUT2D eigenvalue weighted by Crippen LogP contribution is -2.38. The Morgan fingerprint density at radius 1 is 1.56 bits per heavy atom. The summed E-state index contributed by atoms with van der Waals surface area (Å²) in [5.74, 6) is -0.374. The Morgan fingerprint density at radius 3 is 2.75 bits per heavy atom. The van der Waals surface area contributed by atoms with Crippen molar-refractivity contribution in [2.75, 3.05) is 20.1 Å². The highest BCUT2D eigenvalue weighted by atomic mass is 79.9. The third-order valence-electron chi connectivity index (χ3n) is 1.98. The first kappa shape index (κ1) is 12.8. The molecule has 0 aliphatic heterocycles. The van der Waals surface area contributed by atoms with Gasteiger partial charge in [0.25, 0.3) is 5.91 Å². The topological polar surface area (TPSA) is 65.2 Å². The Bertz CT molecular complexity index is 389. The van der Waals surface area contributed by atoms with Crippen LogP contribution in [-0.4, -0.2) is 41.8 Å². The molecule has 0 aliphatic rings. The number of hydrogen-bond acceptors (Lipinski definition) is 2. The molecule has 1 heterocycles. The third kappa shape index (κ3) is 3.37. The summed E-state index contributed by atoms with van der Waals surface area (Å²) in [4.78, 5) is 27.2. The van der Waals surface area contributed by atoms with Crippen molar-refractivity contribution in [2.24, 2.45) is 0 Å². The number of H-pyrrole nitrogens is 1. The fourth-order valence-corrected chi connectivity index (χ4v) is 1.58. The molecular weight excluding hydrogens is 274 g/mol. The number of nitrogens with one attached hydrogen (secondary N) is 2. The number of aromatic amines is 1. The molecule has 2 N–H and O–H groups in total. The van der Waals surface area contributed by atoms with Crippen molar-refractivity contribution in [1.29, 1.82) is 0 Å². The van der Waals surface area contributed by atoms with Crippen molar-refractivity contribution in [3.05, 3.63) is 22.4 Å². The Kier molecular flexibility index (Phi) is 4.54. The van der Waals surface area contributed by atoms with Gasteiger partial charge >= 0.3 is 0 Å². The Morgan fingerprint density at radius 2 is 2.25 bits per heavy atom. The highest BCUT2D eigenvalue weighted by molar-refractivity contribution is 9.10. The minimum Gasteiger partial charge on any atom is -0.356 e. The minimum atomic E-state index is -0.211. The molecule has 1 aromatic rings. The van der Waals surface area contributed by atoms with Gasteiger partial charge in [-0.3, -0.25) is 9.59 Å². The molecule has 0 fully saturated rings. The third-order valence-corrected chi connectivity index (χ3v) is 2.44. The first-order valence-corrected chi connectivity index (χ1v) is 5.70. The molecule has 0 spiro atoms. The van der Waals surface area contributed by atoms with Crippen LogP contribution in [0, 0.1) is 0 Å². The number of rotatable bonds is 4. The van der Waals surface area contributed by atoms with Gasteiger partial charge in [0.1, 0.15) is 5.69 Å². The number of likely N-dealkylation sites (N-methyl/N-ethyl adjacent to an activating group) is 2. The molecule has 6 heteroatoms. The SMILES string of the molecule is CCNC(=O)CN(C)C(=O)c1cc(Br)c[nH]1. The Labute approximate surface area is 102 Å². The molecule has 2 amide bonds. The largest absolute Gasteiger partial charge is 0.356 e. The predicted molar refractivity (Wildman–Crippen MR) is 64.1 cm³/mol. The standard InChI is InChI=1S/C10H14BrN3O2/c1-3-12-9(15)6-14(2)10(16)8-4-7(11)5-13-8/h4-5,13H,3,6H2,1-2H3,(H,12,15). The van der Waals surface area contributed by atoms with Crippen LogP contribution in [0.15, 0.2) is 16.7 Å². The molecule has 1 aromatic heterocycles. The molecule has 88 valence electrons. The highest BCUT2D eigenvalue weighted by Gasteiger charge is 2.15. The molecule has 0 saturated carbocycles. The van der Waals surface area contributed by atoms with E-state index in [1.165, 1.54) is 4.90 Å². The maximum Gasteiger partial charge on any atom is 0.270 e. The number of carbonyl (C=O) groups is 2. The van der Waals surface area contributed by atoms with E-state index in [0.717, 1.165) is 4.47 Å². The van der Waals surface area contributed by atoms with Crippen molar-refractivity contribution in [1.82, 2.24) is 15.2 Å². The molecule has 0 saturated heterocycles. The summed E-state index contributed by atoms with van der Waals surface area (Å²) in [5.41, 5.74) is 0.457. The normalized spacial score (nSPS) is 9.94. The van der Waals surface area contributed by atoms with Crippen LogP contribution in [0.3, 0.4) is 0 Å². The second-order valence-electron chi connectivity index (χ2n) is 3.35. The van der Waals surface area contributed by atoms with Gasteiger partial charge in [0, 0.05) is 24.3 Å². The van der Waals surface area contributed by atoms with Crippen molar-refractivity contribution < 1.29 is 9.59 Å². The summed E-state index contributed by atoms with van der Waals surface area (Å²) >= 11 is 3.24. The van der Waals surface area contributed by atoms with Gasteiger partial charge in [0.15, 0.2) is 0 Å². The summed E-state index contributed by atoms with van der Waals surface area (Å²) in [6, 6.07) is 1.68. The lowest BCUT2D eigenvalue weighted by atomic mass is 10.3. The predicted octanol–water partition coefficient (Wildman–Crippen LogP) is 0.985. The van der Waals surface area contributed by atoms with Crippen molar-refractivity contribution >= 4 is 27.7 Å². The van der Waals surface area contributed by atoms with Crippen LogP contribution in [0.1, 0.15) is 17.4 Å². The van der Waals surface area contributed by atoms with E-state index in [1.807, 2.05) is 6.92 Å². The van der Waals surface area contributed by atoms with Crippen molar-refractivity contribution in [3.63, 3.8) is 0 Å². The van der Waals surface area contributed by atoms with Gasteiger partial charge in [-0.1, -0.05) is 0 Å². The molecule has 1 rings (SSSR count). The zero-order chi connectivity index (χ0) is 12.1. The number of carbonyl (C=O) groups excluding carboxylic acids is 2. The number of aromatic nitrogens is 1. The van der Waals surface area contributed by atoms with E-state index in [0.29, 0.717) is 12.2 Å². The number of hydrogen-bond donors (Lipinski definition) is 2. The van der Waals surface area contributed by atoms with E-state index in [2.05, 4.69) is 26.2 Å². The zero-order valence-electron chi connectivity index (χ0n) is 9.21. The van der Waals surface area contributed by atoms with Crippen LogP contribution in [0.25, 0.3) is 0 Å². The number of halogens is 1. The highest BCUT2D eigenvalue weighted by Crippen LogP contribution is 2.11. The summed E-state index contributed by atoms with van der Waals surface area (Å²) in [6.07, 6.45) is 1.67. The Balaban J connectivity index is 2.57. The zero-order valence-corrected chi connectivity index (χ0v) is 10.8. The van der Waals surface area contributed by atoms with E-state index < -0.39 is 0 Å². The van der Waals surface area contributed by atoms with Crippen LogP contribution in [-0.2, 0) is 4.79 Å². The molecular formula is C10H14BrN3O2. The molecule has 0 aromatic carbocycles. The average Bonchev–Trinajstić information content (AvgIpc) is 2.64. The van der Waals surface area contributed by atoms with Gasteiger partial charge in [0.2, 0.25) is 5.91 Å². The second kappa shape index (κ2) is 5.69. The monoisotopic (exact) mass is 287 g/mol. The minimum absolute atomic E-state index is 0.0588. The maximum atomic E-state index is 11.8. The van der Waals surface area contributed by atoms with Crippen LogP contribution >= 0.6 is 15.9 Å². The molecule has 5 nitrogen and oxygen atoms in total. The fraction of sp³-hybridized carbons (Fsp3) is 0.400. The van der Waals surface area contributed by atoms with E-state index in [1.54, 1.807) is 19.3 Å². The fourth-order valence-electron chi connectivity index (χ4n) is 1.24. The van der Waals surface area contributed by atoms with Gasteiger partial charge in [-0.2, -0.15) is 0 Å². The molecule has 0 atom stereocenters. The smallest absolute Gasteiger partial charge is 0.270 e. The van der Waals surface area contributed by atoms with Crippen molar-refractivity contribution in [2.45, 2.75) is 6.92 Å². The quantitative estimate of drug-likeness (QED) is 0.867. The van der Waals surface area contributed by atoms with Gasteiger partial charge in [-0.05, 0) is 28.9 Å². The maximum absolute atomic E-state index is 11.8. The van der Waals surface area contributed by atoms with E-state index >= 15 is 0 Å². The lowest BCUT2D eigenvalue weighted by Gasteiger charge is -2.15. The second-order valence-corrected chi connectivity index (χ2v) is 4.26. The van der Waals surface area contributed by atoms with Crippen LogP contribution < -0.4 is 5.32 Å². The molecule has 0 unspecified atom stereocenters. The molecule has 16 heavy (non-hydrogen) atoms. The van der Waals surface area contributed by atoms with Gasteiger partial charge in [-0.15, -0.1) is 0 Å². The molecule has 0 radical (unpaired) electrons. The van der Waals surface area contributed by atoms with Crippen LogP contribution in [0.5, 0.6) is 0 Å². The Hall–Kier alpha value is -1.30. The van der Waals surface area contributed by atoms with Crippen LogP contribution in [0.4, 0.5) is 0 Å². The summed E-state index contributed by atoms with van der Waals surface area (Å²) in [5, 5.41) is 2.64. The van der Waals surface area contributed by atoms with E-state index in [9.17, 15) is 9.59 Å².